The van der Waals surface area contributed by atoms with E-state index in [0.29, 0.717) is 24.8 Å². The maximum absolute atomic E-state index is 11.3. The standard InChI is InChI=1S/C24H24N6O2/c1-16(31)27-22-15-30-14-17(6-7-23(30)28-22)18-12-20(24(25)26-13-18)19-4-2-3-5-21(19)29-8-10-32-11-9-29/h2-7,12-15H,8-11H2,1H3,(H2,25,26)(H,27,31). The van der Waals surface area contributed by atoms with Gasteiger partial charge < -0.3 is 25.1 Å². The number of nitrogen functional groups attached to an aromatic ring is 1. The van der Waals surface area contributed by atoms with E-state index in [1.54, 1.807) is 12.4 Å². The maximum Gasteiger partial charge on any atom is 0.222 e. The van der Waals surface area contributed by atoms with Crippen LogP contribution in [0.25, 0.3) is 27.9 Å². The second kappa shape index (κ2) is 8.32. The largest absolute Gasteiger partial charge is 0.383 e. The molecule has 3 N–H and O–H groups in total. The molecule has 1 aromatic carbocycles. The van der Waals surface area contributed by atoms with Crippen molar-refractivity contribution in [2.24, 2.45) is 0 Å². The van der Waals surface area contributed by atoms with Gasteiger partial charge in [-0.15, -0.1) is 0 Å². The number of para-hydroxylation sites is 1. The molecule has 1 aliphatic heterocycles. The highest BCUT2D eigenvalue weighted by Crippen LogP contribution is 2.36. The zero-order valence-electron chi connectivity index (χ0n) is 17.8. The van der Waals surface area contributed by atoms with Gasteiger partial charge in [0.2, 0.25) is 5.91 Å². The summed E-state index contributed by atoms with van der Waals surface area (Å²) in [6.45, 7) is 4.59. The van der Waals surface area contributed by atoms with E-state index >= 15 is 0 Å². The molecule has 32 heavy (non-hydrogen) atoms. The van der Waals surface area contributed by atoms with Crippen molar-refractivity contribution < 1.29 is 9.53 Å². The Kier molecular flexibility index (Phi) is 5.20. The number of anilines is 3. The van der Waals surface area contributed by atoms with Gasteiger partial charge >= 0.3 is 0 Å². The molecule has 1 aliphatic rings. The van der Waals surface area contributed by atoms with Crippen LogP contribution >= 0.6 is 0 Å². The minimum absolute atomic E-state index is 0.153. The van der Waals surface area contributed by atoms with Crippen molar-refractivity contribution in [1.82, 2.24) is 14.4 Å². The van der Waals surface area contributed by atoms with E-state index in [-0.39, 0.29) is 5.91 Å². The van der Waals surface area contributed by atoms with Crippen LogP contribution in [0.3, 0.4) is 0 Å². The van der Waals surface area contributed by atoms with Crippen LogP contribution in [0.5, 0.6) is 0 Å². The number of imidazole rings is 1. The van der Waals surface area contributed by atoms with Crippen LogP contribution in [0.1, 0.15) is 6.92 Å². The van der Waals surface area contributed by atoms with Crippen LogP contribution in [0.2, 0.25) is 0 Å². The maximum atomic E-state index is 11.3. The zero-order chi connectivity index (χ0) is 22.1. The minimum Gasteiger partial charge on any atom is -0.383 e. The third-order valence-corrected chi connectivity index (χ3v) is 5.55. The summed E-state index contributed by atoms with van der Waals surface area (Å²) in [4.78, 5) is 22.6. The van der Waals surface area contributed by atoms with Crippen LogP contribution < -0.4 is 16.0 Å². The molecule has 5 rings (SSSR count). The lowest BCUT2D eigenvalue weighted by Crippen LogP contribution is -2.36. The predicted molar refractivity (Wildman–Crippen MR) is 126 cm³/mol. The number of nitrogens with one attached hydrogen (secondary N) is 1. The minimum atomic E-state index is -0.153. The van der Waals surface area contributed by atoms with E-state index in [2.05, 4.69) is 38.4 Å². The molecular weight excluding hydrogens is 404 g/mol. The molecule has 1 fully saturated rings. The van der Waals surface area contributed by atoms with Crippen molar-refractivity contribution in [1.29, 1.82) is 0 Å². The number of benzene rings is 1. The smallest absolute Gasteiger partial charge is 0.222 e. The van der Waals surface area contributed by atoms with Gasteiger partial charge in [-0.2, -0.15) is 0 Å². The SMILES string of the molecule is CC(=O)Nc1cn2cc(-c3cnc(N)c(-c4ccccc4N4CCOCC4)c3)ccc2n1. The normalized spacial score (nSPS) is 14.0. The fraction of sp³-hybridized carbons (Fsp3) is 0.208. The molecule has 3 aromatic heterocycles. The van der Waals surface area contributed by atoms with E-state index in [1.807, 2.05) is 34.9 Å². The number of ether oxygens (including phenoxy) is 1. The van der Waals surface area contributed by atoms with Gasteiger partial charge in [0.05, 0.1) is 19.4 Å². The molecule has 162 valence electrons. The lowest BCUT2D eigenvalue weighted by molar-refractivity contribution is -0.114. The van der Waals surface area contributed by atoms with Gasteiger partial charge in [0.25, 0.3) is 0 Å². The van der Waals surface area contributed by atoms with Crippen molar-refractivity contribution in [2.45, 2.75) is 6.92 Å². The highest BCUT2D eigenvalue weighted by Gasteiger charge is 2.18. The highest BCUT2D eigenvalue weighted by molar-refractivity contribution is 5.88. The molecule has 0 radical (unpaired) electrons. The summed E-state index contributed by atoms with van der Waals surface area (Å²) in [5, 5.41) is 2.72. The number of nitrogens with two attached hydrogens (primary N) is 1. The molecule has 4 heterocycles. The Hall–Kier alpha value is -3.91. The molecule has 4 aromatic rings. The van der Waals surface area contributed by atoms with Crippen LogP contribution in [0.4, 0.5) is 17.3 Å². The number of fused-ring (bicyclic) bond motifs is 1. The average Bonchev–Trinajstić information content (AvgIpc) is 3.21. The van der Waals surface area contributed by atoms with Crippen LogP contribution in [-0.4, -0.2) is 46.6 Å². The number of morpholine rings is 1. The molecule has 0 unspecified atom stereocenters. The summed E-state index contributed by atoms with van der Waals surface area (Å²) < 4.78 is 7.40. The molecule has 0 bridgehead atoms. The van der Waals surface area contributed by atoms with E-state index in [0.717, 1.165) is 46.7 Å². The number of hydrogen-bond donors (Lipinski definition) is 2. The molecule has 8 nitrogen and oxygen atoms in total. The quantitative estimate of drug-likeness (QED) is 0.517. The Morgan fingerprint density at radius 3 is 2.69 bits per heavy atom. The third-order valence-electron chi connectivity index (χ3n) is 5.55. The number of amides is 1. The summed E-state index contributed by atoms with van der Waals surface area (Å²) in [6.07, 6.45) is 5.54. The van der Waals surface area contributed by atoms with Crippen LogP contribution in [-0.2, 0) is 9.53 Å². The van der Waals surface area contributed by atoms with Gasteiger partial charge in [-0.3, -0.25) is 4.79 Å². The Bertz CT molecular complexity index is 1290. The van der Waals surface area contributed by atoms with Gasteiger partial charge in [0, 0.05) is 60.3 Å². The van der Waals surface area contributed by atoms with Crippen molar-refractivity contribution in [3.8, 4) is 22.3 Å². The van der Waals surface area contributed by atoms with Crippen molar-refractivity contribution in [3.05, 3.63) is 61.1 Å². The molecule has 0 saturated carbocycles. The van der Waals surface area contributed by atoms with Gasteiger partial charge in [0.15, 0.2) is 5.82 Å². The lowest BCUT2D eigenvalue weighted by Gasteiger charge is -2.30. The Labute approximate surface area is 185 Å². The van der Waals surface area contributed by atoms with Crippen molar-refractivity contribution >= 4 is 28.9 Å². The monoisotopic (exact) mass is 428 g/mol. The highest BCUT2D eigenvalue weighted by atomic mass is 16.5. The number of hydrogen-bond acceptors (Lipinski definition) is 6. The van der Waals surface area contributed by atoms with Crippen LogP contribution in [0.15, 0.2) is 61.1 Å². The molecule has 0 spiro atoms. The fourth-order valence-corrected chi connectivity index (χ4v) is 4.03. The summed E-state index contributed by atoms with van der Waals surface area (Å²) in [5.74, 6) is 0.858. The summed E-state index contributed by atoms with van der Waals surface area (Å²) in [6, 6.07) is 14.3. The number of nitrogens with zero attached hydrogens (tertiary/aromatic N) is 4. The summed E-state index contributed by atoms with van der Waals surface area (Å²) in [5.41, 5.74) is 12.1. The fourth-order valence-electron chi connectivity index (χ4n) is 4.03. The predicted octanol–water partition coefficient (Wildman–Crippen LogP) is 3.44. The topological polar surface area (TPSA) is 97.8 Å². The molecule has 1 amide bonds. The Morgan fingerprint density at radius 2 is 1.88 bits per heavy atom. The number of rotatable bonds is 4. The van der Waals surface area contributed by atoms with Crippen molar-refractivity contribution in [2.75, 3.05) is 42.3 Å². The van der Waals surface area contributed by atoms with Gasteiger partial charge in [0.1, 0.15) is 11.5 Å². The van der Waals surface area contributed by atoms with Gasteiger partial charge in [-0.1, -0.05) is 18.2 Å². The molecule has 8 heteroatoms. The molecule has 0 atom stereocenters. The number of pyridine rings is 2. The number of carbonyl (C=O) groups excluding carboxylic acids is 1. The van der Waals surface area contributed by atoms with Crippen LogP contribution in [0, 0.1) is 0 Å². The van der Waals surface area contributed by atoms with E-state index in [1.165, 1.54) is 6.92 Å². The van der Waals surface area contributed by atoms with Gasteiger partial charge in [-0.05, 0) is 24.3 Å². The summed E-state index contributed by atoms with van der Waals surface area (Å²) >= 11 is 0. The first-order chi connectivity index (χ1) is 15.6. The average molecular weight is 428 g/mol. The lowest BCUT2D eigenvalue weighted by atomic mass is 9.99. The van der Waals surface area contributed by atoms with Gasteiger partial charge in [-0.25, -0.2) is 9.97 Å². The second-order valence-electron chi connectivity index (χ2n) is 7.76. The third kappa shape index (κ3) is 3.88. The van der Waals surface area contributed by atoms with Crippen molar-refractivity contribution in [3.63, 3.8) is 0 Å². The number of aromatic nitrogens is 3. The molecule has 0 aliphatic carbocycles. The number of carbonyl (C=O) groups is 1. The Balaban J connectivity index is 1.54. The van der Waals surface area contributed by atoms with E-state index in [4.69, 9.17) is 10.5 Å². The first-order valence-electron chi connectivity index (χ1n) is 10.5. The van der Waals surface area contributed by atoms with E-state index in [9.17, 15) is 4.79 Å². The molecular formula is C24H24N6O2. The first-order valence-corrected chi connectivity index (χ1v) is 10.5. The first kappa shape index (κ1) is 20.0. The zero-order valence-corrected chi connectivity index (χ0v) is 17.8. The Morgan fingerprint density at radius 1 is 1.06 bits per heavy atom. The molecule has 1 saturated heterocycles. The second-order valence-corrected chi connectivity index (χ2v) is 7.76. The summed E-state index contributed by atoms with van der Waals surface area (Å²) in [7, 11) is 0. The van der Waals surface area contributed by atoms with E-state index < -0.39 is 0 Å².